The summed E-state index contributed by atoms with van der Waals surface area (Å²) >= 11 is 1.47. The summed E-state index contributed by atoms with van der Waals surface area (Å²) in [5, 5.41) is 0.517. The summed E-state index contributed by atoms with van der Waals surface area (Å²) in [6, 6.07) is 13.1. The van der Waals surface area contributed by atoms with Crippen molar-refractivity contribution in [2.45, 2.75) is 6.92 Å². The predicted molar refractivity (Wildman–Crippen MR) is 98.5 cm³/mol. The van der Waals surface area contributed by atoms with E-state index >= 15 is 0 Å². The Morgan fingerprint density at radius 3 is 2.72 bits per heavy atom. The van der Waals surface area contributed by atoms with E-state index in [0.717, 1.165) is 20.7 Å². The molecule has 0 spiro atoms. The first-order valence-electron chi connectivity index (χ1n) is 7.66. The monoisotopic (exact) mass is 350 g/mol. The maximum absolute atomic E-state index is 12.9. The van der Waals surface area contributed by atoms with Gasteiger partial charge in [0.1, 0.15) is 16.9 Å². The zero-order valence-electron chi connectivity index (χ0n) is 13.3. The lowest BCUT2D eigenvalue weighted by molar-refractivity contribution is 0.100. The fraction of sp³-hybridized carbons (Fsp3) is 0.0556. The summed E-state index contributed by atoms with van der Waals surface area (Å²) in [6.07, 6.45) is 2.99. The van der Waals surface area contributed by atoms with Crippen molar-refractivity contribution >= 4 is 27.5 Å². The number of aromatic nitrogens is 3. The molecule has 7 heteroatoms. The minimum atomic E-state index is -0.401. The first-order valence-corrected chi connectivity index (χ1v) is 8.47. The van der Waals surface area contributed by atoms with Crippen molar-refractivity contribution in [2.24, 2.45) is 0 Å². The van der Waals surface area contributed by atoms with E-state index in [2.05, 4.69) is 15.4 Å². The average Bonchev–Trinajstić information content (AvgIpc) is 3.26. The van der Waals surface area contributed by atoms with Gasteiger partial charge >= 0.3 is 0 Å². The maximum atomic E-state index is 12.9. The van der Waals surface area contributed by atoms with Crippen molar-refractivity contribution in [3.8, 4) is 11.1 Å². The van der Waals surface area contributed by atoms with Crippen LogP contribution < -0.4 is 11.0 Å². The molecule has 0 radical (unpaired) electrons. The van der Waals surface area contributed by atoms with Gasteiger partial charge in [-0.3, -0.25) is 15.0 Å². The Balaban J connectivity index is 1.85. The average molecular weight is 350 g/mol. The number of fused-ring (bicyclic) bond motifs is 1. The first-order chi connectivity index (χ1) is 12.1. The second-order valence-electron chi connectivity index (χ2n) is 5.52. The molecule has 6 nitrogen and oxygen atoms in total. The number of nitrogens with zero attached hydrogens (tertiary/aromatic N) is 2. The van der Waals surface area contributed by atoms with Crippen LogP contribution in [0.25, 0.3) is 21.3 Å². The summed E-state index contributed by atoms with van der Waals surface area (Å²) in [6.45, 7) is 1.97. The molecule has 3 aromatic heterocycles. The Hall–Kier alpha value is -3.19. The Morgan fingerprint density at radius 1 is 1.20 bits per heavy atom. The molecule has 4 rings (SSSR count). The lowest BCUT2D eigenvalue weighted by Gasteiger charge is -2.07. The summed E-state index contributed by atoms with van der Waals surface area (Å²) in [5.74, 6) is -0.401. The van der Waals surface area contributed by atoms with E-state index in [-0.39, 0.29) is 5.56 Å². The summed E-state index contributed by atoms with van der Waals surface area (Å²) in [7, 11) is 0. The van der Waals surface area contributed by atoms with E-state index in [9.17, 15) is 9.59 Å². The number of carbonyl (C=O) groups is 1. The minimum absolute atomic E-state index is 0.298. The van der Waals surface area contributed by atoms with Gasteiger partial charge in [0.2, 0.25) is 0 Å². The van der Waals surface area contributed by atoms with Crippen molar-refractivity contribution < 1.29 is 4.79 Å². The van der Waals surface area contributed by atoms with Gasteiger partial charge in [-0.1, -0.05) is 30.3 Å². The molecule has 1 aromatic carbocycles. The number of hydrogen-bond donors (Lipinski definition) is 2. The number of rotatable bonds is 3. The highest BCUT2D eigenvalue weighted by atomic mass is 32.1. The smallest absolute Gasteiger partial charge is 0.286 e. The second-order valence-corrected chi connectivity index (χ2v) is 6.73. The summed E-state index contributed by atoms with van der Waals surface area (Å²) in [4.78, 5) is 34.0. The van der Waals surface area contributed by atoms with E-state index in [1.807, 2.05) is 37.3 Å². The molecule has 3 heterocycles. The fourth-order valence-electron chi connectivity index (χ4n) is 2.78. The molecule has 0 saturated carbocycles. The number of carbonyl (C=O) groups excluding carboxylic acids is 1. The number of aromatic amines is 1. The molecule has 0 fully saturated rings. The van der Waals surface area contributed by atoms with E-state index < -0.39 is 5.91 Å². The standard InChI is InChI=1S/C18H14N4O2S/c1-11-14(12-6-3-2-4-7-12)15-17(25-11)20-10-22(18(15)24)21-16(23)13-8-5-9-19-13/h2-10,19H,1H3,(H,21,23). The van der Waals surface area contributed by atoms with Gasteiger partial charge in [-0.05, 0) is 24.6 Å². The molecule has 0 saturated heterocycles. The van der Waals surface area contributed by atoms with Crippen molar-refractivity contribution in [1.82, 2.24) is 14.6 Å². The third-order valence-corrected chi connectivity index (χ3v) is 4.93. The van der Waals surface area contributed by atoms with Gasteiger partial charge in [-0.15, -0.1) is 11.3 Å². The molecule has 2 N–H and O–H groups in total. The van der Waals surface area contributed by atoms with Gasteiger partial charge < -0.3 is 4.98 Å². The maximum Gasteiger partial charge on any atom is 0.286 e. The predicted octanol–water partition coefficient (Wildman–Crippen LogP) is 3.15. The Morgan fingerprint density at radius 2 is 2.00 bits per heavy atom. The Bertz CT molecular complexity index is 1110. The zero-order valence-corrected chi connectivity index (χ0v) is 14.1. The molecular formula is C18H14N4O2S. The molecule has 1 amide bonds. The third-order valence-electron chi connectivity index (χ3n) is 3.92. The number of hydrogen-bond acceptors (Lipinski definition) is 4. The van der Waals surface area contributed by atoms with Crippen LogP contribution in [-0.2, 0) is 0 Å². The summed E-state index contributed by atoms with van der Waals surface area (Å²) < 4.78 is 1.13. The van der Waals surface area contributed by atoms with Crippen LogP contribution in [0.2, 0.25) is 0 Å². The number of H-pyrrole nitrogens is 1. The normalized spacial score (nSPS) is 10.9. The SMILES string of the molecule is Cc1sc2ncn(NC(=O)c3ccc[nH]3)c(=O)c2c1-c1ccccc1. The van der Waals surface area contributed by atoms with Crippen LogP contribution in [0.5, 0.6) is 0 Å². The largest absolute Gasteiger partial charge is 0.357 e. The molecule has 0 bridgehead atoms. The molecule has 0 aliphatic carbocycles. The van der Waals surface area contributed by atoms with Crippen LogP contribution in [0.15, 0.2) is 59.8 Å². The summed E-state index contributed by atoms with van der Waals surface area (Å²) in [5.41, 5.74) is 4.46. The minimum Gasteiger partial charge on any atom is -0.357 e. The second kappa shape index (κ2) is 6.03. The number of thiophene rings is 1. The van der Waals surface area contributed by atoms with Gasteiger partial charge in [0.05, 0.1) is 5.39 Å². The van der Waals surface area contributed by atoms with Crippen LogP contribution in [0.3, 0.4) is 0 Å². The molecule has 124 valence electrons. The van der Waals surface area contributed by atoms with Crippen molar-refractivity contribution in [2.75, 3.05) is 5.43 Å². The number of aryl methyl sites for hydroxylation is 1. The molecule has 0 aliphatic heterocycles. The highest BCUT2D eigenvalue weighted by Crippen LogP contribution is 2.35. The van der Waals surface area contributed by atoms with Gasteiger partial charge in [-0.25, -0.2) is 9.66 Å². The molecule has 0 atom stereocenters. The van der Waals surface area contributed by atoms with E-state index in [1.54, 1.807) is 18.3 Å². The van der Waals surface area contributed by atoms with Crippen LogP contribution in [-0.4, -0.2) is 20.6 Å². The third kappa shape index (κ3) is 2.64. The first kappa shape index (κ1) is 15.3. The van der Waals surface area contributed by atoms with E-state index in [0.29, 0.717) is 15.9 Å². The van der Waals surface area contributed by atoms with Crippen molar-refractivity contribution in [3.63, 3.8) is 0 Å². The Kier molecular flexibility index (Phi) is 3.70. The Labute approximate surface area is 146 Å². The zero-order chi connectivity index (χ0) is 17.4. The van der Waals surface area contributed by atoms with Crippen LogP contribution in [0, 0.1) is 6.92 Å². The van der Waals surface area contributed by atoms with Gasteiger partial charge in [0, 0.05) is 16.6 Å². The number of nitrogens with one attached hydrogen (secondary N) is 2. The van der Waals surface area contributed by atoms with Gasteiger partial charge in [0.25, 0.3) is 11.5 Å². The topological polar surface area (TPSA) is 79.8 Å². The van der Waals surface area contributed by atoms with Crippen LogP contribution >= 0.6 is 11.3 Å². The van der Waals surface area contributed by atoms with Crippen molar-refractivity contribution in [1.29, 1.82) is 0 Å². The number of amides is 1. The highest BCUT2D eigenvalue weighted by molar-refractivity contribution is 7.19. The lowest BCUT2D eigenvalue weighted by Crippen LogP contribution is -2.33. The van der Waals surface area contributed by atoms with E-state index in [4.69, 9.17) is 0 Å². The molecular weight excluding hydrogens is 336 g/mol. The van der Waals surface area contributed by atoms with Crippen LogP contribution in [0.4, 0.5) is 0 Å². The molecule has 25 heavy (non-hydrogen) atoms. The molecule has 0 unspecified atom stereocenters. The number of benzene rings is 1. The molecule has 0 aliphatic rings. The highest BCUT2D eigenvalue weighted by Gasteiger charge is 2.17. The van der Waals surface area contributed by atoms with Gasteiger partial charge in [-0.2, -0.15) is 0 Å². The van der Waals surface area contributed by atoms with Crippen LogP contribution in [0.1, 0.15) is 15.4 Å². The quantitative estimate of drug-likeness (QED) is 0.596. The van der Waals surface area contributed by atoms with Gasteiger partial charge in [0.15, 0.2) is 0 Å². The lowest BCUT2D eigenvalue weighted by atomic mass is 10.0. The van der Waals surface area contributed by atoms with E-state index in [1.165, 1.54) is 17.7 Å². The molecule has 4 aromatic rings. The fourth-order valence-corrected chi connectivity index (χ4v) is 3.78. The van der Waals surface area contributed by atoms with Crippen molar-refractivity contribution in [3.05, 3.63) is 75.9 Å².